The van der Waals surface area contributed by atoms with Gasteiger partial charge in [0, 0.05) is 6.54 Å². The monoisotopic (exact) mass is 469 g/mol. The zero-order valence-electron chi connectivity index (χ0n) is 17.3. The molecule has 2 aromatic rings. The molecule has 31 heavy (non-hydrogen) atoms. The van der Waals surface area contributed by atoms with Crippen molar-refractivity contribution in [2.75, 3.05) is 12.3 Å². The predicted octanol–water partition coefficient (Wildman–Crippen LogP) is 3.67. The van der Waals surface area contributed by atoms with Crippen LogP contribution in [0.2, 0.25) is 0 Å². The minimum absolute atomic E-state index is 0.0236. The van der Waals surface area contributed by atoms with Gasteiger partial charge in [-0.2, -0.15) is 0 Å². The summed E-state index contributed by atoms with van der Waals surface area (Å²) in [6, 6.07) is 12.5. The number of ether oxygens (including phenoxy) is 1. The number of nitrogens with one attached hydrogen (secondary N) is 1. The lowest BCUT2D eigenvalue weighted by Crippen LogP contribution is -2.34. The Bertz CT molecular complexity index is 1170. The number of hydrogen-bond donors (Lipinski definition) is 1. The number of carbonyl (C=O) groups excluding carboxylic acids is 1. The largest absolute Gasteiger partial charge is 0.444 e. The molecule has 0 spiro atoms. The maximum atomic E-state index is 13.3. The SMILES string of the molecule is CC(C)(C)OC(=O)NC/C(=C\F)CS(=O)(=O)c1cccc(S(=O)(=O)c2ccccc2)c1. The van der Waals surface area contributed by atoms with E-state index in [-0.39, 0.29) is 33.1 Å². The molecule has 0 fully saturated rings. The summed E-state index contributed by atoms with van der Waals surface area (Å²) in [7, 11) is -8.01. The van der Waals surface area contributed by atoms with Gasteiger partial charge in [-0.05, 0) is 56.7 Å². The molecule has 0 heterocycles. The first-order chi connectivity index (χ1) is 14.3. The highest BCUT2D eigenvalue weighted by Gasteiger charge is 2.23. The number of rotatable bonds is 7. The Morgan fingerprint density at radius 1 is 0.968 bits per heavy atom. The molecule has 0 saturated carbocycles. The zero-order valence-corrected chi connectivity index (χ0v) is 19.0. The average molecular weight is 470 g/mol. The van der Waals surface area contributed by atoms with Crippen molar-refractivity contribution in [2.45, 2.75) is 41.1 Å². The van der Waals surface area contributed by atoms with Gasteiger partial charge in [-0.3, -0.25) is 0 Å². The van der Waals surface area contributed by atoms with E-state index in [0.29, 0.717) is 0 Å². The average Bonchev–Trinajstić information content (AvgIpc) is 2.70. The minimum atomic E-state index is -4.08. The van der Waals surface area contributed by atoms with Gasteiger partial charge in [0.1, 0.15) is 5.60 Å². The van der Waals surface area contributed by atoms with E-state index in [1.165, 1.54) is 30.3 Å². The van der Waals surface area contributed by atoms with Gasteiger partial charge in [-0.25, -0.2) is 26.0 Å². The third-order valence-electron chi connectivity index (χ3n) is 3.92. The molecule has 0 radical (unpaired) electrons. The van der Waals surface area contributed by atoms with Gasteiger partial charge in [0.05, 0.1) is 26.8 Å². The van der Waals surface area contributed by atoms with Crippen molar-refractivity contribution >= 4 is 25.8 Å². The highest BCUT2D eigenvalue weighted by molar-refractivity contribution is 7.92. The second kappa shape index (κ2) is 9.61. The Balaban J connectivity index is 2.20. The first kappa shape index (κ1) is 24.5. The molecule has 0 aliphatic carbocycles. The summed E-state index contributed by atoms with van der Waals surface area (Å²) in [5, 5.41) is 2.29. The Morgan fingerprint density at radius 2 is 1.55 bits per heavy atom. The van der Waals surface area contributed by atoms with Crippen LogP contribution in [0.1, 0.15) is 20.8 Å². The quantitative estimate of drug-likeness (QED) is 0.663. The molecule has 0 atom stereocenters. The second-order valence-electron chi connectivity index (χ2n) is 7.67. The Kier molecular flexibility index (Phi) is 7.61. The summed E-state index contributed by atoms with van der Waals surface area (Å²) in [4.78, 5) is 11.3. The summed E-state index contributed by atoms with van der Waals surface area (Å²) >= 11 is 0. The molecule has 0 bridgehead atoms. The number of halogens is 1. The number of amides is 1. The van der Waals surface area contributed by atoms with Gasteiger partial charge >= 0.3 is 6.09 Å². The van der Waals surface area contributed by atoms with Crippen LogP contribution < -0.4 is 5.32 Å². The number of sulfone groups is 2. The van der Waals surface area contributed by atoms with E-state index < -0.39 is 37.1 Å². The smallest absolute Gasteiger partial charge is 0.407 e. The fourth-order valence-corrected chi connectivity index (χ4v) is 5.33. The van der Waals surface area contributed by atoms with Gasteiger partial charge in [0.15, 0.2) is 9.84 Å². The minimum Gasteiger partial charge on any atom is -0.444 e. The van der Waals surface area contributed by atoms with Crippen molar-refractivity contribution in [3.63, 3.8) is 0 Å². The number of benzene rings is 2. The first-order valence-electron chi connectivity index (χ1n) is 9.23. The highest BCUT2D eigenvalue weighted by Crippen LogP contribution is 2.24. The lowest BCUT2D eigenvalue weighted by atomic mass is 10.2. The van der Waals surface area contributed by atoms with E-state index in [1.807, 2.05) is 0 Å². The normalized spacial score (nSPS) is 13.0. The maximum absolute atomic E-state index is 13.3. The molecule has 0 aliphatic heterocycles. The third kappa shape index (κ3) is 6.90. The lowest BCUT2D eigenvalue weighted by Gasteiger charge is -2.20. The molecule has 2 rings (SSSR count). The van der Waals surface area contributed by atoms with Crippen LogP contribution in [0.5, 0.6) is 0 Å². The van der Waals surface area contributed by atoms with Crippen LogP contribution in [0.4, 0.5) is 9.18 Å². The van der Waals surface area contributed by atoms with Gasteiger partial charge in [-0.1, -0.05) is 24.3 Å². The van der Waals surface area contributed by atoms with Gasteiger partial charge in [-0.15, -0.1) is 0 Å². The Morgan fingerprint density at radius 3 is 2.13 bits per heavy atom. The topological polar surface area (TPSA) is 107 Å². The van der Waals surface area contributed by atoms with Crippen LogP contribution in [-0.4, -0.2) is 40.8 Å². The number of hydrogen-bond acceptors (Lipinski definition) is 6. The lowest BCUT2D eigenvalue weighted by molar-refractivity contribution is 0.0532. The summed E-state index contributed by atoms with van der Waals surface area (Å²) in [5.74, 6) is -0.742. The molecule has 0 unspecified atom stereocenters. The molecular weight excluding hydrogens is 445 g/mol. The van der Waals surface area contributed by atoms with E-state index in [9.17, 15) is 26.0 Å². The van der Waals surface area contributed by atoms with Crippen LogP contribution in [-0.2, 0) is 24.4 Å². The van der Waals surface area contributed by atoms with Crippen molar-refractivity contribution in [3.8, 4) is 0 Å². The highest BCUT2D eigenvalue weighted by atomic mass is 32.2. The fraction of sp³-hybridized carbons (Fsp3) is 0.286. The second-order valence-corrected chi connectivity index (χ2v) is 11.6. The first-order valence-corrected chi connectivity index (χ1v) is 12.4. The zero-order chi connectivity index (χ0) is 23.3. The van der Waals surface area contributed by atoms with Gasteiger partial charge in [0.2, 0.25) is 9.84 Å². The van der Waals surface area contributed by atoms with Crippen LogP contribution in [0, 0.1) is 0 Å². The molecule has 168 valence electrons. The summed E-state index contributed by atoms with van der Waals surface area (Å²) in [6.45, 7) is 4.57. The number of alkyl carbamates (subject to hydrolysis) is 1. The summed E-state index contributed by atoms with van der Waals surface area (Å²) in [5.41, 5.74) is -0.984. The fourth-order valence-electron chi connectivity index (χ4n) is 2.52. The molecule has 0 aliphatic rings. The van der Waals surface area contributed by atoms with Crippen LogP contribution >= 0.6 is 0 Å². The Labute approximate surface area is 181 Å². The molecule has 0 saturated heterocycles. The van der Waals surface area contributed by atoms with Gasteiger partial charge < -0.3 is 10.1 Å². The molecule has 2 aromatic carbocycles. The van der Waals surface area contributed by atoms with E-state index in [0.717, 1.165) is 6.07 Å². The number of carbonyl (C=O) groups is 1. The van der Waals surface area contributed by atoms with Gasteiger partial charge in [0.25, 0.3) is 0 Å². The van der Waals surface area contributed by atoms with E-state index in [2.05, 4.69) is 5.32 Å². The summed E-state index contributed by atoms with van der Waals surface area (Å²) < 4.78 is 69.3. The van der Waals surface area contributed by atoms with Crippen LogP contribution in [0.25, 0.3) is 0 Å². The molecule has 7 nitrogen and oxygen atoms in total. The van der Waals surface area contributed by atoms with Crippen LogP contribution in [0.15, 0.2) is 81.2 Å². The standard InChI is InChI=1S/C21H24FNO6S2/c1-21(2,3)29-20(24)23-14-16(13-22)15-30(25,26)18-10-7-11-19(12-18)31(27,28)17-8-5-4-6-9-17/h4-13H,14-15H2,1-3H3,(H,23,24)/b16-13+. The van der Waals surface area contributed by atoms with E-state index in [4.69, 9.17) is 4.74 Å². The third-order valence-corrected chi connectivity index (χ3v) is 7.41. The van der Waals surface area contributed by atoms with Crippen molar-refractivity contribution in [3.05, 3.63) is 66.5 Å². The van der Waals surface area contributed by atoms with Crippen molar-refractivity contribution in [2.24, 2.45) is 0 Å². The van der Waals surface area contributed by atoms with E-state index >= 15 is 0 Å². The van der Waals surface area contributed by atoms with Crippen molar-refractivity contribution in [1.29, 1.82) is 0 Å². The molecule has 10 heteroatoms. The van der Waals surface area contributed by atoms with Crippen molar-refractivity contribution < 1.29 is 30.8 Å². The van der Waals surface area contributed by atoms with Crippen molar-refractivity contribution in [1.82, 2.24) is 5.32 Å². The molecular formula is C21H24FNO6S2. The Hall–Kier alpha value is -2.72. The van der Waals surface area contributed by atoms with E-state index in [1.54, 1.807) is 39.0 Å². The van der Waals surface area contributed by atoms with Crippen LogP contribution in [0.3, 0.4) is 0 Å². The molecule has 0 aromatic heterocycles. The molecule has 1 N–H and O–H groups in total. The molecule has 1 amide bonds. The maximum Gasteiger partial charge on any atom is 0.407 e. The predicted molar refractivity (Wildman–Crippen MR) is 114 cm³/mol. The summed E-state index contributed by atoms with van der Waals surface area (Å²) in [6.07, 6.45) is -0.723.